The van der Waals surface area contributed by atoms with E-state index in [2.05, 4.69) is 27.4 Å². The standard InChI is InChI=1S/C12H17IN2O3/c1-8(7-18-15)9-5-12(16-2)10(13)6-11(9)17-4-3-14/h3,5-6,8,14H,4,7,15H2,1-2H3. The molecule has 0 aromatic heterocycles. The molecule has 0 fully saturated rings. The van der Waals surface area contributed by atoms with E-state index < -0.39 is 0 Å². The van der Waals surface area contributed by atoms with Crippen molar-refractivity contribution >= 4 is 28.8 Å². The van der Waals surface area contributed by atoms with Crippen LogP contribution < -0.4 is 15.4 Å². The first kappa shape index (κ1) is 15.2. The van der Waals surface area contributed by atoms with Crippen LogP contribution in [0.2, 0.25) is 0 Å². The van der Waals surface area contributed by atoms with E-state index in [1.54, 1.807) is 7.11 Å². The van der Waals surface area contributed by atoms with Gasteiger partial charge in [-0.1, -0.05) is 6.92 Å². The van der Waals surface area contributed by atoms with Gasteiger partial charge in [0, 0.05) is 17.7 Å². The van der Waals surface area contributed by atoms with Crippen LogP contribution in [0, 0.1) is 8.98 Å². The highest BCUT2D eigenvalue weighted by Crippen LogP contribution is 2.34. The normalized spacial score (nSPS) is 12.0. The zero-order chi connectivity index (χ0) is 13.5. The summed E-state index contributed by atoms with van der Waals surface area (Å²) in [4.78, 5) is 4.68. The van der Waals surface area contributed by atoms with E-state index in [0.717, 1.165) is 20.6 Å². The molecular weight excluding hydrogens is 347 g/mol. The molecule has 5 nitrogen and oxygen atoms in total. The van der Waals surface area contributed by atoms with Crippen molar-refractivity contribution < 1.29 is 14.3 Å². The number of hydrogen-bond acceptors (Lipinski definition) is 5. The number of methoxy groups -OCH3 is 1. The molecule has 1 unspecified atom stereocenters. The topological polar surface area (TPSA) is 77.6 Å². The summed E-state index contributed by atoms with van der Waals surface area (Å²) in [5, 5.41) is 7.02. The number of benzene rings is 1. The van der Waals surface area contributed by atoms with Crippen molar-refractivity contribution in [2.45, 2.75) is 12.8 Å². The molecule has 1 rings (SSSR count). The van der Waals surface area contributed by atoms with Crippen LogP contribution in [0.5, 0.6) is 11.5 Å². The molecule has 0 aliphatic rings. The lowest BCUT2D eigenvalue weighted by atomic mass is 10.0. The molecule has 0 bridgehead atoms. The van der Waals surface area contributed by atoms with E-state index in [1.807, 2.05) is 19.1 Å². The summed E-state index contributed by atoms with van der Waals surface area (Å²) < 4.78 is 11.8. The number of rotatable bonds is 7. The number of nitrogens with one attached hydrogen (secondary N) is 1. The Hall–Kier alpha value is -0.860. The number of halogens is 1. The first-order valence-electron chi connectivity index (χ1n) is 5.44. The van der Waals surface area contributed by atoms with E-state index in [1.165, 1.54) is 6.21 Å². The van der Waals surface area contributed by atoms with Crippen LogP contribution in [0.3, 0.4) is 0 Å². The van der Waals surface area contributed by atoms with Crippen LogP contribution >= 0.6 is 22.6 Å². The minimum absolute atomic E-state index is 0.0848. The molecule has 0 radical (unpaired) electrons. The lowest BCUT2D eigenvalue weighted by Gasteiger charge is -2.17. The minimum atomic E-state index is 0.0848. The summed E-state index contributed by atoms with van der Waals surface area (Å²) in [7, 11) is 1.63. The van der Waals surface area contributed by atoms with Gasteiger partial charge in [0.2, 0.25) is 0 Å². The highest BCUT2D eigenvalue weighted by Gasteiger charge is 2.15. The van der Waals surface area contributed by atoms with Crippen LogP contribution in [-0.4, -0.2) is 26.5 Å². The molecule has 1 aromatic carbocycles. The Morgan fingerprint density at radius 3 is 2.72 bits per heavy atom. The maximum absolute atomic E-state index is 7.02. The van der Waals surface area contributed by atoms with Gasteiger partial charge in [0.05, 0.1) is 17.3 Å². The fourth-order valence-electron chi connectivity index (χ4n) is 1.58. The van der Waals surface area contributed by atoms with Crippen LogP contribution in [0.1, 0.15) is 18.4 Å². The van der Waals surface area contributed by atoms with Gasteiger partial charge < -0.3 is 19.7 Å². The molecule has 100 valence electrons. The first-order chi connectivity index (χ1) is 8.63. The quantitative estimate of drug-likeness (QED) is 0.442. The van der Waals surface area contributed by atoms with Crippen molar-refractivity contribution in [3.63, 3.8) is 0 Å². The summed E-state index contributed by atoms with van der Waals surface area (Å²) in [6.45, 7) is 2.63. The molecule has 6 heteroatoms. The zero-order valence-corrected chi connectivity index (χ0v) is 12.6. The maximum atomic E-state index is 7.02. The van der Waals surface area contributed by atoms with Gasteiger partial charge in [-0.3, -0.25) is 0 Å². The minimum Gasteiger partial charge on any atom is -0.496 e. The summed E-state index contributed by atoms with van der Waals surface area (Å²) in [5.74, 6) is 6.71. The Morgan fingerprint density at radius 1 is 1.44 bits per heavy atom. The Balaban J connectivity index is 3.11. The Bertz CT molecular complexity index is 413. The lowest BCUT2D eigenvalue weighted by Crippen LogP contribution is -2.11. The van der Waals surface area contributed by atoms with Crippen molar-refractivity contribution in [3.05, 3.63) is 21.3 Å². The fraction of sp³-hybridized carbons (Fsp3) is 0.417. The molecule has 0 aliphatic carbocycles. The second kappa shape index (κ2) is 7.55. The third-order valence-electron chi connectivity index (χ3n) is 2.48. The van der Waals surface area contributed by atoms with Gasteiger partial charge in [-0.2, -0.15) is 0 Å². The van der Waals surface area contributed by atoms with E-state index in [-0.39, 0.29) is 12.5 Å². The third kappa shape index (κ3) is 3.82. The molecule has 1 atom stereocenters. The van der Waals surface area contributed by atoms with Crippen molar-refractivity contribution in [1.82, 2.24) is 0 Å². The number of hydrogen-bond donors (Lipinski definition) is 2. The molecule has 3 N–H and O–H groups in total. The Morgan fingerprint density at radius 2 is 2.17 bits per heavy atom. The van der Waals surface area contributed by atoms with Crippen LogP contribution in [0.15, 0.2) is 12.1 Å². The molecule has 0 saturated heterocycles. The fourth-order valence-corrected chi connectivity index (χ4v) is 2.24. The molecule has 1 aromatic rings. The van der Waals surface area contributed by atoms with Crippen molar-refractivity contribution in [2.75, 3.05) is 20.3 Å². The van der Waals surface area contributed by atoms with Gasteiger partial charge in [-0.25, -0.2) is 5.90 Å². The maximum Gasteiger partial charge on any atom is 0.132 e. The summed E-state index contributed by atoms with van der Waals surface area (Å²) in [6, 6.07) is 3.82. The Kier molecular flexibility index (Phi) is 6.37. The number of ether oxygens (including phenoxy) is 2. The summed E-state index contributed by atoms with van der Waals surface area (Å²) >= 11 is 2.18. The monoisotopic (exact) mass is 364 g/mol. The van der Waals surface area contributed by atoms with E-state index in [0.29, 0.717) is 6.61 Å². The molecular formula is C12H17IN2O3. The average molecular weight is 364 g/mol. The first-order valence-corrected chi connectivity index (χ1v) is 6.52. The van der Waals surface area contributed by atoms with Crippen LogP contribution in [0.4, 0.5) is 0 Å². The number of nitrogens with two attached hydrogens (primary N) is 1. The molecule has 0 aliphatic heterocycles. The zero-order valence-electron chi connectivity index (χ0n) is 10.4. The predicted molar refractivity (Wildman–Crippen MR) is 78.5 cm³/mol. The van der Waals surface area contributed by atoms with Gasteiger partial charge in [0.25, 0.3) is 0 Å². The highest BCUT2D eigenvalue weighted by molar-refractivity contribution is 14.1. The van der Waals surface area contributed by atoms with Gasteiger partial charge >= 0.3 is 0 Å². The molecule has 0 heterocycles. The second-order valence-corrected chi connectivity index (χ2v) is 4.94. The molecule has 0 spiro atoms. The van der Waals surface area contributed by atoms with Gasteiger partial charge in [0.15, 0.2) is 0 Å². The lowest BCUT2D eigenvalue weighted by molar-refractivity contribution is 0.126. The van der Waals surface area contributed by atoms with E-state index in [9.17, 15) is 0 Å². The van der Waals surface area contributed by atoms with Crippen molar-refractivity contribution in [2.24, 2.45) is 5.90 Å². The largest absolute Gasteiger partial charge is 0.496 e. The van der Waals surface area contributed by atoms with Crippen LogP contribution in [-0.2, 0) is 4.84 Å². The second-order valence-electron chi connectivity index (χ2n) is 3.77. The average Bonchev–Trinajstić information content (AvgIpc) is 2.36. The molecule has 0 saturated carbocycles. The van der Waals surface area contributed by atoms with Gasteiger partial charge in [-0.15, -0.1) is 0 Å². The molecule has 18 heavy (non-hydrogen) atoms. The van der Waals surface area contributed by atoms with Gasteiger partial charge in [0.1, 0.15) is 18.1 Å². The summed E-state index contributed by atoms with van der Waals surface area (Å²) in [5.41, 5.74) is 0.958. The molecule has 0 amide bonds. The SMILES string of the molecule is COc1cc(C(C)CON)c(OCC=N)cc1I. The van der Waals surface area contributed by atoms with Gasteiger partial charge in [-0.05, 0) is 34.7 Å². The van der Waals surface area contributed by atoms with E-state index >= 15 is 0 Å². The van der Waals surface area contributed by atoms with E-state index in [4.69, 9.17) is 20.8 Å². The predicted octanol–water partition coefficient (Wildman–Crippen LogP) is 2.32. The Labute approximate surface area is 120 Å². The van der Waals surface area contributed by atoms with Crippen LogP contribution in [0.25, 0.3) is 0 Å². The highest BCUT2D eigenvalue weighted by atomic mass is 127. The third-order valence-corrected chi connectivity index (χ3v) is 3.33. The van der Waals surface area contributed by atoms with Crippen molar-refractivity contribution in [1.29, 1.82) is 5.41 Å². The smallest absolute Gasteiger partial charge is 0.132 e. The van der Waals surface area contributed by atoms with Crippen molar-refractivity contribution in [3.8, 4) is 11.5 Å². The summed E-state index contributed by atoms with van der Waals surface area (Å²) in [6.07, 6.45) is 1.21.